The molecule has 0 radical (unpaired) electrons. The molecular formula is C12H20O2. The number of hydrogen-bond donors (Lipinski definition) is 0. The maximum Gasteiger partial charge on any atom is 0.333 e. The topological polar surface area (TPSA) is 26.3 Å². The van der Waals surface area contributed by atoms with E-state index in [0.29, 0.717) is 13.0 Å². The third-order valence-corrected chi connectivity index (χ3v) is 1.85. The first kappa shape index (κ1) is 12.9. The molecule has 0 spiro atoms. The van der Waals surface area contributed by atoms with Crippen LogP contribution in [0, 0.1) is 0 Å². The van der Waals surface area contributed by atoms with Gasteiger partial charge < -0.3 is 4.74 Å². The Morgan fingerprint density at radius 2 is 1.93 bits per heavy atom. The Morgan fingerprint density at radius 3 is 2.36 bits per heavy atom. The maximum absolute atomic E-state index is 11.4. The van der Waals surface area contributed by atoms with Crippen LogP contribution in [0.15, 0.2) is 23.3 Å². The van der Waals surface area contributed by atoms with Crippen molar-refractivity contribution in [2.24, 2.45) is 0 Å². The molecule has 0 fully saturated rings. The van der Waals surface area contributed by atoms with Crippen molar-refractivity contribution in [2.75, 3.05) is 6.61 Å². The second-order valence-corrected chi connectivity index (χ2v) is 3.10. The van der Waals surface area contributed by atoms with E-state index in [0.717, 1.165) is 17.6 Å². The van der Waals surface area contributed by atoms with Crippen molar-refractivity contribution in [3.05, 3.63) is 23.3 Å². The molecule has 0 rings (SSSR count). The van der Waals surface area contributed by atoms with Gasteiger partial charge in [0, 0.05) is 5.57 Å². The van der Waals surface area contributed by atoms with Gasteiger partial charge in [0.1, 0.15) is 0 Å². The van der Waals surface area contributed by atoms with Gasteiger partial charge in [-0.2, -0.15) is 0 Å². The highest BCUT2D eigenvalue weighted by molar-refractivity contribution is 5.88. The first-order valence-corrected chi connectivity index (χ1v) is 5.20. The van der Waals surface area contributed by atoms with Crippen molar-refractivity contribution in [3.8, 4) is 0 Å². The molecule has 0 aromatic heterocycles. The summed E-state index contributed by atoms with van der Waals surface area (Å²) in [6, 6.07) is 0. The van der Waals surface area contributed by atoms with Gasteiger partial charge in [0.2, 0.25) is 0 Å². The quantitative estimate of drug-likeness (QED) is 0.383. The molecule has 0 unspecified atom stereocenters. The predicted octanol–water partition coefficient (Wildman–Crippen LogP) is 3.24. The van der Waals surface area contributed by atoms with E-state index in [9.17, 15) is 4.79 Å². The van der Waals surface area contributed by atoms with Gasteiger partial charge in [0.25, 0.3) is 0 Å². The highest BCUT2D eigenvalue weighted by Crippen LogP contribution is 2.08. The number of allylic oxidation sites excluding steroid dienone is 3. The van der Waals surface area contributed by atoms with Crippen LogP contribution in [0.1, 0.15) is 40.5 Å². The van der Waals surface area contributed by atoms with Crippen LogP contribution in [0.4, 0.5) is 0 Å². The van der Waals surface area contributed by atoms with Gasteiger partial charge in [-0.3, -0.25) is 0 Å². The Balaban J connectivity index is 4.54. The lowest BCUT2D eigenvalue weighted by Crippen LogP contribution is -2.07. The Kier molecular flexibility index (Phi) is 6.81. The second kappa shape index (κ2) is 7.36. The molecule has 14 heavy (non-hydrogen) atoms. The van der Waals surface area contributed by atoms with Gasteiger partial charge in [0.15, 0.2) is 0 Å². The van der Waals surface area contributed by atoms with Crippen LogP contribution in [0.25, 0.3) is 0 Å². The van der Waals surface area contributed by atoms with E-state index in [1.54, 1.807) is 0 Å². The fourth-order valence-electron chi connectivity index (χ4n) is 1.18. The SMILES string of the molecule is CC/C=C(C)/C=C(\CC)C(=O)OCC. The van der Waals surface area contributed by atoms with Crippen LogP contribution in [0.3, 0.4) is 0 Å². The monoisotopic (exact) mass is 196 g/mol. The third-order valence-electron chi connectivity index (χ3n) is 1.85. The summed E-state index contributed by atoms with van der Waals surface area (Å²) < 4.78 is 4.94. The molecule has 0 aliphatic rings. The van der Waals surface area contributed by atoms with Crippen molar-refractivity contribution >= 4 is 5.97 Å². The van der Waals surface area contributed by atoms with Crippen molar-refractivity contribution in [1.82, 2.24) is 0 Å². The number of rotatable bonds is 5. The van der Waals surface area contributed by atoms with E-state index in [1.807, 2.05) is 26.8 Å². The Morgan fingerprint density at radius 1 is 1.29 bits per heavy atom. The van der Waals surface area contributed by atoms with Gasteiger partial charge in [-0.1, -0.05) is 25.5 Å². The number of carbonyl (C=O) groups is 1. The first-order valence-electron chi connectivity index (χ1n) is 5.20. The lowest BCUT2D eigenvalue weighted by molar-refractivity contribution is -0.138. The van der Waals surface area contributed by atoms with Crippen molar-refractivity contribution < 1.29 is 9.53 Å². The molecule has 0 N–H and O–H groups in total. The van der Waals surface area contributed by atoms with Crippen LogP contribution in [0.5, 0.6) is 0 Å². The van der Waals surface area contributed by atoms with Gasteiger partial charge in [0.05, 0.1) is 6.61 Å². The Hall–Kier alpha value is -1.05. The van der Waals surface area contributed by atoms with Crippen LogP contribution >= 0.6 is 0 Å². The largest absolute Gasteiger partial charge is 0.463 e. The fourth-order valence-corrected chi connectivity index (χ4v) is 1.18. The highest BCUT2D eigenvalue weighted by Gasteiger charge is 2.07. The number of hydrogen-bond acceptors (Lipinski definition) is 2. The lowest BCUT2D eigenvalue weighted by atomic mass is 10.1. The summed E-state index contributed by atoms with van der Waals surface area (Å²) in [7, 11) is 0. The molecule has 0 aliphatic carbocycles. The minimum absolute atomic E-state index is 0.196. The minimum atomic E-state index is -0.196. The lowest BCUT2D eigenvalue weighted by Gasteiger charge is -2.04. The molecule has 0 aromatic carbocycles. The van der Waals surface area contributed by atoms with Gasteiger partial charge >= 0.3 is 5.97 Å². The standard InChI is InChI=1S/C12H20O2/c1-5-8-10(4)9-11(6-2)12(13)14-7-3/h8-9H,5-7H2,1-4H3/b10-8+,11-9+. The molecule has 0 heterocycles. The first-order chi connectivity index (χ1) is 6.65. The average molecular weight is 196 g/mol. The summed E-state index contributed by atoms with van der Waals surface area (Å²) in [6.07, 6.45) is 5.70. The Labute approximate surface area is 86.6 Å². The average Bonchev–Trinajstić information content (AvgIpc) is 2.15. The molecule has 0 atom stereocenters. The van der Waals surface area contributed by atoms with E-state index in [-0.39, 0.29) is 5.97 Å². The molecule has 0 aliphatic heterocycles. The van der Waals surface area contributed by atoms with Gasteiger partial charge in [-0.05, 0) is 32.8 Å². The van der Waals surface area contributed by atoms with E-state index in [1.165, 1.54) is 0 Å². The molecule has 0 amide bonds. The molecule has 0 saturated heterocycles. The normalized spacial score (nSPS) is 12.9. The van der Waals surface area contributed by atoms with E-state index in [2.05, 4.69) is 13.0 Å². The third kappa shape index (κ3) is 4.85. The van der Waals surface area contributed by atoms with Gasteiger partial charge in [-0.15, -0.1) is 0 Å². The van der Waals surface area contributed by atoms with Crippen molar-refractivity contribution in [1.29, 1.82) is 0 Å². The Bertz CT molecular complexity index is 237. The second-order valence-electron chi connectivity index (χ2n) is 3.10. The maximum atomic E-state index is 11.4. The summed E-state index contributed by atoms with van der Waals surface area (Å²) in [6.45, 7) is 8.29. The number of ether oxygens (including phenoxy) is 1. The minimum Gasteiger partial charge on any atom is -0.463 e. The van der Waals surface area contributed by atoms with Crippen molar-refractivity contribution in [3.63, 3.8) is 0 Å². The van der Waals surface area contributed by atoms with Crippen LogP contribution in [-0.2, 0) is 9.53 Å². The van der Waals surface area contributed by atoms with E-state index >= 15 is 0 Å². The zero-order valence-electron chi connectivity index (χ0n) is 9.59. The molecule has 2 nitrogen and oxygen atoms in total. The van der Waals surface area contributed by atoms with Crippen LogP contribution < -0.4 is 0 Å². The summed E-state index contributed by atoms with van der Waals surface area (Å²) in [4.78, 5) is 11.4. The molecular weight excluding hydrogens is 176 g/mol. The van der Waals surface area contributed by atoms with E-state index < -0.39 is 0 Å². The summed E-state index contributed by atoms with van der Waals surface area (Å²) in [5.41, 5.74) is 1.87. The predicted molar refractivity (Wildman–Crippen MR) is 59.1 cm³/mol. The molecule has 80 valence electrons. The fraction of sp³-hybridized carbons (Fsp3) is 0.583. The summed E-state index contributed by atoms with van der Waals surface area (Å²) in [5, 5.41) is 0. The zero-order chi connectivity index (χ0) is 11.0. The molecule has 0 bridgehead atoms. The summed E-state index contributed by atoms with van der Waals surface area (Å²) in [5.74, 6) is -0.196. The molecule has 0 saturated carbocycles. The smallest absolute Gasteiger partial charge is 0.333 e. The van der Waals surface area contributed by atoms with Crippen LogP contribution in [0.2, 0.25) is 0 Å². The van der Waals surface area contributed by atoms with Crippen molar-refractivity contribution in [2.45, 2.75) is 40.5 Å². The summed E-state index contributed by atoms with van der Waals surface area (Å²) >= 11 is 0. The molecule has 0 aromatic rings. The highest BCUT2D eigenvalue weighted by atomic mass is 16.5. The van der Waals surface area contributed by atoms with Gasteiger partial charge in [-0.25, -0.2) is 4.79 Å². The number of esters is 1. The van der Waals surface area contributed by atoms with E-state index in [4.69, 9.17) is 4.74 Å². The number of carbonyl (C=O) groups excluding carboxylic acids is 1. The van der Waals surface area contributed by atoms with Crippen LogP contribution in [-0.4, -0.2) is 12.6 Å². The molecule has 2 heteroatoms. The zero-order valence-corrected chi connectivity index (χ0v) is 9.59.